The van der Waals surface area contributed by atoms with Crippen LogP contribution in [0.5, 0.6) is 5.75 Å². The predicted molar refractivity (Wildman–Crippen MR) is 137 cm³/mol. The van der Waals surface area contributed by atoms with Crippen molar-refractivity contribution < 1.29 is 27.1 Å². The molecule has 0 aliphatic carbocycles. The zero-order valence-electron chi connectivity index (χ0n) is 21.6. The van der Waals surface area contributed by atoms with E-state index < -0.39 is 34.5 Å². The second-order valence-corrected chi connectivity index (χ2v) is 10.8. The summed E-state index contributed by atoms with van der Waals surface area (Å²) in [6.45, 7) is 4.74. The van der Waals surface area contributed by atoms with Gasteiger partial charge in [0.2, 0.25) is 11.8 Å². The second-order valence-electron chi connectivity index (χ2n) is 8.71. The van der Waals surface area contributed by atoms with Crippen LogP contribution in [0.2, 0.25) is 0 Å². The predicted octanol–water partition coefficient (Wildman–Crippen LogP) is 2.78. The Balaban J connectivity index is 2.51. The second kappa shape index (κ2) is 12.7. The lowest BCUT2D eigenvalue weighted by Crippen LogP contribution is -2.54. The van der Waals surface area contributed by atoms with Gasteiger partial charge in [-0.15, -0.1) is 0 Å². The number of anilines is 1. The van der Waals surface area contributed by atoms with Gasteiger partial charge in [-0.3, -0.25) is 9.59 Å². The van der Waals surface area contributed by atoms with Crippen molar-refractivity contribution in [1.82, 2.24) is 14.5 Å². The number of carbonyl (C=O) groups excluding carboxylic acids is 2. The molecule has 0 aliphatic rings. The fraction of sp³-hybridized carbons (Fsp3) is 0.440. The summed E-state index contributed by atoms with van der Waals surface area (Å²) in [7, 11) is -0.0976. The first-order valence-electron chi connectivity index (χ1n) is 11.6. The summed E-state index contributed by atoms with van der Waals surface area (Å²) in [6, 6.07) is 11.3. The summed E-state index contributed by atoms with van der Waals surface area (Å²) in [5.74, 6) is -1.17. The summed E-state index contributed by atoms with van der Waals surface area (Å²) in [5, 5.41) is 2.82. The van der Waals surface area contributed by atoms with Crippen LogP contribution < -0.4 is 14.4 Å². The summed E-state index contributed by atoms with van der Waals surface area (Å²) in [6.07, 6.45) is 0.292. The molecule has 198 valence electrons. The molecule has 2 rings (SSSR count). The van der Waals surface area contributed by atoms with Gasteiger partial charge in [0.05, 0.1) is 12.8 Å². The van der Waals surface area contributed by atoms with Gasteiger partial charge < -0.3 is 15.0 Å². The van der Waals surface area contributed by atoms with Gasteiger partial charge in [-0.25, -0.2) is 8.70 Å². The van der Waals surface area contributed by atoms with Crippen LogP contribution >= 0.6 is 0 Å². The summed E-state index contributed by atoms with van der Waals surface area (Å²) in [4.78, 5) is 28.0. The maximum absolute atomic E-state index is 14.7. The number of amides is 2. The highest BCUT2D eigenvalue weighted by atomic mass is 32.2. The Bertz CT molecular complexity index is 1140. The van der Waals surface area contributed by atoms with Gasteiger partial charge in [0.15, 0.2) is 0 Å². The Hall–Kier alpha value is -3.18. The van der Waals surface area contributed by atoms with Gasteiger partial charge in [0.1, 0.15) is 24.2 Å². The average Bonchev–Trinajstić information content (AvgIpc) is 2.82. The molecule has 0 spiro atoms. The number of halogens is 1. The van der Waals surface area contributed by atoms with E-state index in [-0.39, 0.29) is 24.2 Å². The Kier molecular flexibility index (Phi) is 10.2. The van der Waals surface area contributed by atoms with Crippen molar-refractivity contribution >= 4 is 27.7 Å². The largest absolute Gasteiger partial charge is 0.497 e. The first-order chi connectivity index (χ1) is 16.9. The lowest BCUT2D eigenvalue weighted by Gasteiger charge is -2.34. The molecule has 36 heavy (non-hydrogen) atoms. The molecular weight excluding hydrogens is 487 g/mol. The zero-order valence-corrected chi connectivity index (χ0v) is 22.4. The van der Waals surface area contributed by atoms with E-state index in [1.165, 1.54) is 44.3 Å². The van der Waals surface area contributed by atoms with Crippen LogP contribution in [0.25, 0.3) is 0 Å². The van der Waals surface area contributed by atoms with Crippen molar-refractivity contribution in [2.75, 3.05) is 32.1 Å². The number of ether oxygens (including phenoxy) is 1. The van der Waals surface area contributed by atoms with Crippen LogP contribution in [0, 0.1) is 5.82 Å². The van der Waals surface area contributed by atoms with Crippen molar-refractivity contribution in [2.24, 2.45) is 0 Å². The van der Waals surface area contributed by atoms with E-state index in [0.717, 1.165) is 14.7 Å². The highest BCUT2D eigenvalue weighted by Crippen LogP contribution is 2.24. The summed E-state index contributed by atoms with van der Waals surface area (Å²) >= 11 is 0. The number of hydrogen-bond acceptors (Lipinski definition) is 5. The number of methoxy groups -OCH3 is 1. The lowest BCUT2D eigenvalue weighted by atomic mass is 10.1. The fourth-order valence-electron chi connectivity index (χ4n) is 3.58. The normalized spacial score (nSPS) is 12.4. The zero-order chi connectivity index (χ0) is 27.0. The van der Waals surface area contributed by atoms with Crippen LogP contribution in [0.3, 0.4) is 0 Å². The minimum absolute atomic E-state index is 0.0416. The van der Waals surface area contributed by atoms with Crippen molar-refractivity contribution in [1.29, 1.82) is 0 Å². The number of para-hydroxylation sites is 1. The van der Waals surface area contributed by atoms with Gasteiger partial charge in [-0.1, -0.05) is 31.2 Å². The van der Waals surface area contributed by atoms with Gasteiger partial charge in [0, 0.05) is 26.7 Å². The van der Waals surface area contributed by atoms with Crippen LogP contribution in [-0.4, -0.2) is 69.3 Å². The molecule has 1 atom stereocenters. The van der Waals surface area contributed by atoms with E-state index in [1.54, 1.807) is 31.2 Å². The SMILES string of the molecule is CCC(C(=O)NC(C)C)N(Cc1ccc(OC)cc1)C(=O)CN(c1ccccc1F)S(=O)(=O)N(C)C. The molecule has 0 aliphatic heterocycles. The Morgan fingerprint density at radius 3 is 2.17 bits per heavy atom. The molecule has 0 radical (unpaired) electrons. The Morgan fingerprint density at radius 1 is 1.06 bits per heavy atom. The number of rotatable bonds is 12. The third-order valence-electron chi connectivity index (χ3n) is 5.47. The van der Waals surface area contributed by atoms with Crippen LogP contribution in [0.15, 0.2) is 48.5 Å². The third kappa shape index (κ3) is 7.17. The fourth-order valence-corrected chi connectivity index (χ4v) is 4.65. The number of hydrogen-bond donors (Lipinski definition) is 1. The maximum atomic E-state index is 14.7. The van der Waals surface area contributed by atoms with Crippen molar-refractivity contribution in [3.63, 3.8) is 0 Å². The maximum Gasteiger partial charge on any atom is 0.304 e. The molecule has 2 aromatic carbocycles. The highest BCUT2D eigenvalue weighted by molar-refractivity contribution is 7.90. The topological polar surface area (TPSA) is 99.3 Å². The molecule has 1 N–H and O–H groups in total. The minimum Gasteiger partial charge on any atom is -0.497 e. The standard InChI is InChI=1S/C25H35FN4O5S/c1-7-22(25(32)27-18(2)3)29(16-19-12-14-20(35-6)15-13-19)24(31)17-30(36(33,34)28(4)5)23-11-9-8-10-21(23)26/h8-15,18,22H,7,16-17H2,1-6H3,(H,27,32). The molecule has 0 fully saturated rings. The van der Waals surface area contributed by atoms with E-state index in [0.29, 0.717) is 17.7 Å². The first kappa shape index (κ1) is 29.1. The Morgan fingerprint density at radius 2 is 1.67 bits per heavy atom. The monoisotopic (exact) mass is 522 g/mol. The minimum atomic E-state index is -4.23. The van der Waals surface area contributed by atoms with Gasteiger partial charge in [0.25, 0.3) is 0 Å². The molecule has 2 amide bonds. The van der Waals surface area contributed by atoms with Gasteiger partial charge in [-0.2, -0.15) is 12.7 Å². The van der Waals surface area contributed by atoms with E-state index >= 15 is 0 Å². The van der Waals surface area contributed by atoms with E-state index in [1.807, 2.05) is 13.8 Å². The van der Waals surface area contributed by atoms with E-state index in [2.05, 4.69) is 5.32 Å². The molecular formula is C25H35FN4O5S. The molecule has 9 nitrogen and oxygen atoms in total. The van der Waals surface area contributed by atoms with E-state index in [4.69, 9.17) is 4.74 Å². The highest BCUT2D eigenvalue weighted by Gasteiger charge is 2.34. The summed E-state index contributed by atoms with van der Waals surface area (Å²) in [5.41, 5.74) is 0.455. The molecule has 2 aromatic rings. The average molecular weight is 523 g/mol. The molecule has 0 bridgehead atoms. The van der Waals surface area contributed by atoms with Crippen LogP contribution in [0.4, 0.5) is 10.1 Å². The third-order valence-corrected chi connectivity index (χ3v) is 7.27. The van der Waals surface area contributed by atoms with Crippen molar-refractivity contribution in [3.05, 3.63) is 59.9 Å². The Labute approximate surface area is 213 Å². The quantitative estimate of drug-likeness (QED) is 0.462. The number of carbonyl (C=O) groups is 2. The van der Waals surface area contributed by atoms with Crippen molar-refractivity contribution in [3.8, 4) is 5.75 Å². The molecule has 0 saturated heterocycles. The van der Waals surface area contributed by atoms with Gasteiger partial charge >= 0.3 is 10.2 Å². The number of benzene rings is 2. The first-order valence-corrected chi connectivity index (χ1v) is 13.0. The number of nitrogens with zero attached hydrogens (tertiary/aromatic N) is 3. The van der Waals surface area contributed by atoms with E-state index in [9.17, 15) is 22.4 Å². The number of nitrogens with one attached hydrogen (secondary N) is 1. The molecule has 0 saturated carbocycles. The van der Waals surface area contributed by atoms with Crippen molar-refractivity contribution in [2.45, 2.75) is 45.8 Å². The smallest absolute Gasteiger partial charge is 0.304 e. The summed E-state index contributed by atoms with van der Waals surface area (Å²) < 4.78 is 47.7. The van der Waals surface area contributed by atoms with Crippen LogP contribution in [-0.2, 0) is 26.3 Å². The molecule has 0 heterocycles. The molecule has 1 unspecified atom stereocenters. The molecule has 11 heteroatoms. The van der Waals surface area contributed by atoms with Crippen LogP contribution in [0.1, 0.15) is 32.8 Å². The lowest BCUT2D eigenvalue weighted by molar-refractivity contribution is -0.140. The molecule has 0 aromatic heterocycles. The van der Waals surface area contributed by atoms with Gasteiger partial charge in [-0.05, 0) is 50.1 Å².